The molecule has 0 unspecified atom stereocenters. The molecule has 10 heteroatoms. The van der Waals surface area contributed by atoms with Gasteiger partial charge >= 0.3 is 5.63 Å². The number of nitrogens with one attached hydrogen (secondary N) is 1. The molecule has 0 spiro atoms. The van der Waals surface area contributed by atoms with Crippen molar-refractivity contribution in [2.24, 2.45) is 0 Å². The minimum absolute atomic E-state index is 0.0312. The van der Waals surface area contributed by atoms with Crippen LogP contribution < -0.4 is 34.6 Å². The summed E-state index contributed by atoms with van der Waals surface area (Å²) >= 11 is 5.99. The lowest BCUT2D eigenvalue weighted by atomic mass is 9.87. The molecule has 0 fully saturated rings. The van der Waals surface area contributed by atoms with E-state index in [1.54, 1.807) is 54.6 Å². The molecule has 37 heavy (non-hydrogen) atoms. The largest absolute Gasteiger partial charge is 0.493 e. The maximum atomic E-state index is 13.7. The van der Waals surface area contributed by atoms with E-state index in [9.17, 15) is 9.59 Å². The number of methoxy groups -OCH3 is 2. The summed E-state index contributed by atoms with van der Waals surface area (Å²) in [5.41, 5.74) is 0.869. The van der Waals surface area contributed by atoms with E-state index >= 15 is 0 Å². The van der Waals surface area contributed by atoms with Gasteiger partial charge in [0.1, 0.15) is 11.3 Å². The third kappa shape index (κ3) is 3.70. The van der Waals surface area contributed by atoms with Gasteiger partial charge in [0.2, 0.25) is 18.3 Å². The van der Waals surface area contributed by atoms with Crippen molar-refractivity contribution in [2.45, 2.75) is 12.0 Å². The summed E-state index contributed by atoms with van der Waals surface area (Å²) in [6, 6.07) is 15.3. The van der Waals surface area contributed by atoms with E-state index in [0.717, 1.165) is 0 Å². The molecule has 3 heterocycles. The number of benzene rings is 3. The summed E-state index contributed by atoms with van der Waals surface area (Å²) in [4.78, 5) is 27.0. The molecule has 1 aromatic heterocycles. The van der Waals surface area contributed by atoms with Gasteiger partial charge in [-0.25, -0.2) is 4.79 Å². The average molecular weight is 522 g/mol. The quantitative estimate of drug-likeness (QED) is 0.376. The van der Waals surface area contributed by atoms with Crippen molar-refractivity contribution in [1.29, 1.82) is 0 Å². The third-order valence-corrected chi connectivity index (χ3v) is 6.63. The Hall–Kier alpha value is -4.37. The summed E-state index contributed by atoms with van der Waals surface area (Å²) in [6.45, 7) is -0.0312. The van der Waals surface area contributed by atoms with E-state index in [0.29, 0.717) is 50.2 Å². The van der Waals surface area contributed by atoms with E-state index in [4.69, 9.17) is 39.7 Å². The summed E-state index contributed by atoms with van der Waals surface area (Å²) in [5.74, 6) is 0.215. The van der Waals surface area contributed by atoms with Crippen LogP contribution in [0.15, 0.2) is 63.8 Å². The van der Waals surface area contributed by atoms with Crippen molar-refractivity contribution < 1.29 is 32.9 Å². The van der Waals surface area contributed by atoms with Crippen LogP contribution in [0.5, 0.6) is 28.7 Å². The first kappa shape index (κ1) is 23.1. The zero-order chi connectivity index (χ0) is 25.7. The number of anilines is 1. The van der Waals surface area contributed by atoms with E-state index in [-0.39, 0.29) is 18.1 Å². The predicted molar refractivity (Wildman–Crippen MR) is 134 cm³/mol. The highest BCUT2D eigenvalue weighted by atomic mass is 35.5. The lowest BCUT2D eigenvalue weighted by Gasteiger charge is -2.22. The summed E-state index contributed by atoms with van der Waals surface area (Å²) in [5, 5.41) is 3.94. The highest BCUT2D eigenvalue weighted by Gasteiger charge is 2.47. The molecule has 0 radical (unpaired) electrons. The van der Waals surface area contributed by atoms with Crippen molar-refractivity contribution in [3.63, 3.8) is 0 Å². The SMILES string of the molecule is COc1cc([C@H]2c3c(c4ccccc4oc3=O)O[C@@H]2C(=O)Nc2ccc(Cl)cc2)c(OC)c2c1OCO2. The van der Waals surface area contributed by atoms with Gasteiger partial charge in [-0.05, 0) is 42.5 Å². The van der Waals surface area contributed by atoms with Gasteiger partial charge in [-0.2, -0.15) is 0 Å². The molecule has 188 valence electrons. The second-order valence-electron chi connectivity index (χ2n) is 8.41. The maximum Gasteiger partial charge on any atom is 0.344 e. The molecule has 9 nitrogen and oxygen atoms in total. The standard InChI is InChI=1S/C27H20ClNO8/c1-32-18-11-16(22(33-2)25-23(18)34-12-35-25)19-20-21(15-5-3-4-6-17(15)36-27(20)31)37-24(19)26(30)29-14-9-7-13(28)8-10-14/h3-11,19,24H,12H2,1-2H3,(H,29,30)/t19-,24-/m0/s1. The van der Waals surface area contributed by atoms with Gasteiger partial charge in [0.25, 0.3) is 5.91 Å². The number of ether oxygens (including phenoxy) is 5. The van der Waals surface area contributed by atoms with Crippen LogP contribution in [0.3, 0.4) is 0 Å². The van der Waals surface area contributed by atoms with Crippen LogP contribution >= 0.6 is 11.6 Å². The van der Waals surface area contributed by atoms with Gasteiger partial charge in [0, 0.05) is 16.3 Å². The van der Waals surface area contributed by atoms with Gasteiger partial charge in [-0.1, -0.05) is 23.7 Å². The summed E-state index contributed by atoms with van der Waals surface area (Å²) in [6.07, 6.45) is -1.15. The summed E-state index contributed by atoms with van der Waals surface area (Å²) in [7, 11) is 2.95. The average Bonchev–Trinajstić information content (AvgIpc) is 3.55. The summed E-state index contributed by atoms with van der Waals surface area (Å²) < 4.78 is 34.4. The first-order valence-corrected chi connectivity index (χ1v) is 11.7. The Bertz CT molecular complexity index is 1600. The van der Waals surface area contributed by atoms with E-state index in [1.807, 2.05) is 0 Å². The van der Waals surface area contributed by atoms with Gasteiger partial charge in [0.15, 0.2) is 17.6 Å². The molecule has 2 atom stereocenters. The molecule has 4 aromatic rings. The zero-order valence-corrected chi connectivity index (χ0v) is 20.5. The number of fused-ring (bicyclic) bond motifs is 4. The first-order valence-electron chi connectivity index (χ1n) is 11.3. The molecule has 0 bridgehead atoms. The number of amides is 1. The third-order valence-electron chi connectivity index (χ3n) is 6.38. The zero-order valence-electron chi connectivity index (χ0n) is 19.7. The van der Waals surface area contributed by atoms with Crippen LogP contribution in [0.25, 0.3) is 11.0 Å². The molecule has 1 amide bonds. The van der Waals surface area contributed by atoms with E-state index in [2.05, 4.69) is 5.32 Å². The Kier molecular flexibility index (Phi) is 5.57. The molecule has 0 aliphatic carbocycles. The molecule has 1 N–H and O–H groups in total. The normalized spacial score (nSPS) is 17.3. The number of para-hydroxylation sites is 1. The van der Waals surface area contributed by atoms with Gasteiger partial charge in [-0.15, -0.1) is 0 Å². The van der Waals surface area contributed by atoms with Crippen LogP contribution in [0.2, 0.25) is 5.02 Å². The minimum Gasteiger partial charge on any atom is -0.493 e. The predicted octanol–water partition coefficient (Wildman–Crippen LogP) is 4.72. The molecule has 2 aliphatic rings. The Morgan fingerprint density at radius 1 is 1.00 bits per heavy atom. The molecule has 6 rings (SSSR count). The molecule has 3 aromatic carbocycles. The van der Waals surface area contributed by atoms with Gasteiger partial charge in [-0.3, -0.25) is 4.79 Å². The van der Waals surface area contributed by atoms with Crippen molar-refractivity contribution in [3.05, 3.63) is 81.2 Å². The number of carbonyl (C=O) groups excluding carboxylic acids is 1. The van der Waals surface area contributed by atoms with Crippen molar-refractivity contribution in [1.82, 2.24) is 0 Å². The Morgan fingerprint density at radius 2 is 1.76 bits per heavy atom. The van der Waals surface area contributed by atoms with Gasteiger partial charge in [0.05, 0.1) is 31.1 Å². The smallest absolute Gasteiger partial charge is 0.344 e. The van der Waals surface area contributed by atoms with Crippen molar-refractivity contribution in [2.75, 3.05) is 26.3 Å². The van der Waals surface area contributed by atoms with E-state index < -0.39 is 23.6 Å². The molecular formula is C27H20ClNO8. The van der Waals surface area contributed by atoms with Crippen LogP contribution in [-0.2, 0) is 4.79 Å². The topological polar surface area (TPSA) is 105 Å². The molecule has 2 aliphatic heterocycles. The Labute approximate surface area is 215 Å². The van der Waals surface area contributed by atoms with Crippen LogP contribution in [-0.4, -0.2) is 33.0 Å². The Morgan fingerprint density at radius 3 is 2.51 bits per heavy atom. The molecule has 0 saturated carbocycles. The number of halogens is 1. The second-order valence-corrected chi connectivity index (χ2v) is 8.84. The number of hydrogen-bond donors (Lipinski definition) is 1. The van der Waals surface area contributed by atoms with Crippen molar-refractivity contribution >= 4 is 34.2 Å². The fourth-order valence-corrected chi connectivity index (χ4v) is 4.90. The maximum absolute atomic E-state index is 13.7. The van der Waals surface area contributed by atoms with Gasteiger partial charge < -0.3 is 33.4 Å². The van der Waals surface area contributed by atoms with E-state index in [1.165, 1.54) is 14.2 Å². The monoisotopic (exact) mass is 521 g/mol. The number of carbonyl (C=O) groups is 1. The molecule has 0 saturated heterocycles. The highest BCUT2D eigenvalue weighted by molar-refractivity contribution is 6.30. The number of rotatable bonds is 5. The van der Waals surface area contributed by atoms with Crippen LogP contribution in [0.4, 0.5) is 5.69 Å². The fourth-order valence-electron chi connectivity index (χ4n) is 4.77. The Balaban J connectivity index is 1.56. The first-order chi connectivity index (χ1) is 18.0. The van der Waals surface area contributed by atoms with Crippen molar-refractivity contribution in [3.8, 4) is 28.7 Å². The second kappa shape index (κ2) is 8.94. The van der Waals surface area contributed by atoms with Crippen LogP contribution in [0, 0.1) is 0 Å². The lowest BCUT2D eigenvalue weighted by Crippen LogP contribution is -2.35. The fraction of sp³-hybridized carbons (Fsp3) is 0.185. The number of hydrogen-bond acceptors (Lipinski definition) is 8. The molecular weight excluding hydrogens is 502 g/mol. The lowest BCUT2D eigenvalue weighted by molar-refractivity contribution is -0.122. The minimum atomic E-state index is -1.15. The highest BCUT2D eigenvalue weighted by Crippen LogP contribution is 2.55. The van der Waals surface area contributed by atoms with Crippen LogP contribution in [0.1, 0.15) is 17.0 Å².